The number of rotatable bonds is 0. The third-order valence-corrected chi connectivity index (χ3v) is 4.99. The molecule has 0 unspecified atom stereocenters. The average molecular weight is 326 g/mol. The Bertz CT molecular complexity index is 1010. The number of aryl methyl sites for hydroxylation is 3. The van der Waals surface area contributed by atoms with E-state index in [1.165, 1.54) is 53.6 Å². The van der Waals surface area contributed by atoms with Crippen LogP contribution in [0.1, 0.15) is 29.7 Å². The molecule has 0 bridgehead atoms. The van der Waals surface area contributed by atoms with Gasteiger partial charge in [0.15, 0.2) is 0 Å². The maximum Gasteiger partial charge on any atom is 0.115 e. The average Bonchev–Trinajstić information content (AvgIpc) is 2.68. The molecular formula is C23H22N2. The normalized spacial score (nSPS) is 13.2. The fourth-order valence-corrected chi connectivity index (χ4v) is 3.70. The fraction of sp³-hybridized carbons (Fsp3) is 0.217. The highest BCUT2D eigenvalue weighted by Gasteiger charge is 2.13. The summed E-state index contributed by atoms with van der Waals surface area (Å²) < 4.78 is 0. The molecule has 4 aromatic rings. The van der Waals surface area contributed by atoms with Gasteiger partial charge in [-0.3, -0.25) is 0 Å². The molecule has 0 saturated heterocycles. The SMILES string of the molecule is Cc1ccncn1.c1ccc2c(c1)ccc1c3c(ccc12)CCCC3. The van der Waals surface area contributed by atoms with Crippen LogP contribution in [0.2, 0.25) is 0 Å². The molecular weight excluding hydrogens is 304 g/mol. The minimum Gasteiger partial charge on any atom is -0.245 e. The number of hydrogen-bond acceptors (Lipinski definition) is 2. The first kappa shape index (κ1) is 15.8. The van der Waals surface area contributed by atoms with Crippen molar-refractivity contribution in [3.8, 4) is 0 Å². The largest absolute Gasteiger partial charge is 0.245 e. The lowest BCUT2D eigenvalue weighted by Gasteiger charge is -2.18. The van der Waals surface area contributed by atoms with Gasteiger partial charge in [-0.05, 0) is 71.3 Å². The smallest absolute Gasteiger partial charge is 0.115 e. The Balaban J connectivity index is 0.000000190. The maximum absolute atomic E-state index is 3.87. The third kappa shape index (κ3) is 3.25. The Hall–Kier alpha value is -2.74. The van der Waals surface area contributed by atoms with Crippen molar-refractivity contribution in [1.82, 2.24) is 9.97 Å². The zero-order valence-electron chi connectivity index (χ0n) is 14.6. The van der Waals surface area contributed by atoms with Crippen LogP contribution >= 0.6 is 0 Å². The van der Waals surface area contributed by atoms with Gasteiger partial charge in [0, 0.05) is 11.9 Å². The highest BCUT2D eigenvalue weighted by Crippen LogP contribution is 2.33. The Kier molecular flexibility index (Phi) is 4.43. The van der Waals surface area contributed by atoms with Gasteiger partial charge >= 0.3 is 0 Å². The summed E-state index contributed by atoms with van der Waals surface area (Å²) in [6.45, 7) is 1.93. The van der Waals surface area contributed by atoms with Crippen LogP contribution in [0.5, 0.6) is 0 Å². The molecule has 3 aromatic carbocycles. The Morgan fingerprint density at radius 3 is 2.40 bits per heavy atom. The monoisotopic (exact) mass is 326 g/mol. The van der Waals surface area contributed by atoms with E-state index in [-0.39, 0.29) is 0 Å². The minimum atomic E-state index is 1.01. The summed E-state index contributed by atoms with van der Waals surface area (Å²) >= 11 is 0. The topological polar surface area (TPSA) is 25.8 Å². The molecule has 0 amide bonds. The first-order chi connectivity index (χ1) is 12.3. The summed E-state index contributed by atoms with van der Waals surface area (Å²) in [5.74, 6) is 0. The lowest BCUT2D eigenvalue weighted by Crippen LogP contribution is -2.02. The Morgan fingerprint density at radius 1 is 0.760 bits per heavy atom. The van der Waals surface area contributed by atoms with Gasteiger partial charge in [0.25, 0.3) is 0 Å². The molecule has 1 aromatic heterocycles. The molecule has 0 N–H and O–H groups in total. The molecule has 2 nitrogen and oxygen atoms in total. The second kappa shape index (κ2) is 7.02. The number of benzene rings is 3. The summed E-state index contributed by atoms with van der Waals surface area (Å²) in [5.41, 5.74) is 4.18. The van der Waals surface area contributed by atoms with Crippen LogP contribution in [-0.2, 0) is 12.8 Å². The van der Waals surface area contributed by atoms with Gasteiger partial charge in [-0.15, -0.1) is 0 Å². The molecule has 0 fully saturated rings. The summed E-state index contributed by atoms with van der Waals surface area (Å²) in [7, 11) is 0. The lowest BCUT2D eigenvalue weighted by atomic mass is 9.86. The van der Waals surface area contributed by atoms with Gasteiger partial charge in [-0.25, -0.2) is 9.97 Å². The van der Waals surface area contributed by atoms with Crippen molar-refractivity contribution in [1.29, 1.82) is 0 Å². The Labute approximate surface area is 148 Å². The van der Waals surface area contributed by atoms with Crippen LogP contribution in [0.3, 0.4) is 0 Å². The molecule has 1 aliphatic carbocycles. The van der Waals surface area contributed by atoms with E-state index >= 15 is 0 Å². The van der Waals surface area contributed by atoms with Gasteiger partial charge in [-0.1, -0.05) is 48.5 Å². The van der Waals surface area contributed by atoms with Crippen LogP contribution in [0.25, 0.3) is 21.5 Å². The summed E-state index contributed by atoms with van der Waals surface area (Å²) in [6, 6.07) is 19.8. The molecule has 0 radical (unpaired) electrons. The number of aromatic nitrogens is 2. The van der Waals surface area contributed by atoms with E-state index in [1.807, 2.05) is 13.0 Å². The molecule has 1 aliphatic rings. The van der Waals surface area contributed by atoms with Crippen molar-refractivity contribution in [3.05, 3.63) is 83.9 Å². The summed E-state index contributed by atoms with van der Waals surface area (Å²) in [6.07, 6.45) is 8.48. The van der Waals surface area contributed by atoms with Gasteiger partial charge in [0.1, 0.15) is 6.33 Å². The molecule has 25 heavy (non-hydrogen) atoms. The van der Waals surface area contributed by atoms with Crippen molar-refractivity contribution in [2.45, 2.75) is 32.6 Å². The van der Waals surface area contributed by atoms with Gasteiger partial charge < -0.3 is 0 Å². The van der Waals surface area contributed by atoms with Crippen molar-refractivity contribution >= 4 is 21.5 Å². The zero-order valence-corrected chi connectivity index (χ0v) is 14.6. The molecule has 124 valence electrons. The highest BCUT2D eigenvalue weighted by atomic mass is 14.8. The zero-order chi connectivity index (χ0) is 17.1. The van der Waals surface area contributed by atoms with E-state index in [1.54, 1.807) is 17.3 Å². The van der Waals surface area contributed by atoms with Gasteiger partial charge in [0.05, 0.1) is 0 Å². The van der Waals surface area contributed by atoms with E-state index in [0.717, 1.165) is 5.69 Å². The van der Waals surface area contributed by atoms with E-state index < -0.39 is 0 Å². The van der Waals surface area contributed by atoms with Crippen LogP contribution in [-0.4, -0.2) is 9.97 Å². The number of hydrogen-bond donors (Lipinski definition) is 0. The number of fused-ring (bicyclic) bond motifs is 5. The molecule has 5 rings (SSSR count). The predicted octanol–water partition coefficient (Wildman–Crippen LogP) is 5.66. The van der Waals surface area contributed by atoms with Crippen molar-refractivity contribution < 1.29 is 0 Å². The van der Waals surface area contributed by atoms with Crippen LogP contribution in [0.15, 0.2) is 67.1 Å². The predicted molar refractivity (Wildman–Crippen MR) is 105 cm³/mol. The van der Waals surface area contributed by atoms with Crippen molar-refractivity contribution in [2.75, 3.05) is 0 Å². The summed E-state index contributed by atoms with van der Waals surface area (Å²) in [4.78, 5) is 7.60. The minimum absolute atomic E-state index is 1.01. The van der Waals surface area contributed by atoms with E-state index in [4.69, 9.17) is 0 Å². The van der Waals surface area contributed by atoms with E-state index in [0.29, 0.717) is 0 Å². The van der Waals surface area contributed by atoms with Crippen LogP contribution < -0.4 is 0 Å². The first-order valence-corrected chi connectivity index (χ1v) is 8.98. The van der Waals surface area contributed by atoms with Crippen LogP contribution in [0.4, 0.5) is 0 Å². The summed E-state index contributed by atoms with van der Waals surface area (Å²) in [5, 5.41) is 5.64. The maximum atomic E-state index is 3.87. The van der Waals surface area contributed by atoms with E-state index in [9.17, 15) is 0 Å². The lowest BCUT2D eigenvalue weighted by molar-refractivity contribution is 0.690. The second-order valence-electron chi connectivity index (χ2n) is 6.64. The van der Waals surface area contributed by atoms with Crippen LogP contribution in [0, 0.1) is 6.92 Å². The quantitative estimate of drug-likeness (QED) is 0.390. The molecule has 0 aliphatic heterocycles. The molecule has 0 atom stereocenters. The highest BCUT2D eigenvalue weighted by molar-refractivity contribution is 6.08. The van der Waals surface area contributed by atoms with Gasteiger partial charge in [-0.2, -0.15) is 0 Å². The molecule has 0 spiro atoms. The number of nitrogens with zero attached hydrogens (tertiary/aromatic N) is 2. The van der Waals surface area contributed by atoms with Crippen molar-refractivity contribution in [2.24, 2.45) is 0 Å². The molecule has 1 heterocycles. The van der Waals surface area contributed by atoms with Crippen molar-refractivity contribution in [3.63, 3.8) is 0 Å². The first-order valence-electron chi connectivity index (χ1n) is 8.98. The standard InChI is InChI=1S/C18H16.C5H6N2/c1-3-7-15-13(5-1)9-11-18-16-8-4-2-6-14(16)10-12-17(15)18;1-5-2-3-6-4-7-5/h1,3,5,7,9-12H,2,4,6,8H2;2-4H,1H3. The molecule has 0 saturated carbocycles. The fourth-order valence-electron chi connectivity index (χ4n) is 3.70. The van der Waals surface area contributed by atoms with E-state index in [2.05, 4.69) is 58.5 Å². The second-order valence-corrected chi connectivity index (χ2v) is 6.64. The Morgan fingerprint density at radius 2 is 1.60 bits per heavy atom. The third-order valence-electron chi connectivity index (χ3n) is 4.99. The molecule has 2 heteroatoms. The van der Waals surface area contributed by atoms with Gasteiger partial charge in [0.2, 0.25) is 0 Å².